The van der Waals surface area contributed by atoms with Crippen LogP contribution in [0.5, 0.6) is 5.75 Å². The van der Waals surface area contributed by atoms with E-state index < -0.39 is 0 Å². The van der Waals surface area contributed by atoms with Gasteiger partial charge in [0.05, 0.1) is 13.2 Å². The molecule has 0 heterocycles. The number of rotatable bonds is 5. The second-order valence-corrected chi connectivity index (χ2v) is 5.56. The van der Waals surface area contributed by atoms with Crippen molar-refractivity contribution in [2.75, 3.05) is 14.2 Å². The summed E-state index contributed by atoms with van der Waals surface area (Å²) in [7, 11) is 3.49. The van der Waals surface area contributed by atoms with Crippen molar-refractivity contribution in [2.45, 2.75) is 39.0 Å². The summed E-state index contributed by atoms with van der Waals surface area (Å²) in [6, 6.07) is 8.74. The highest BCUT2D eigenvalue weighted by atomic mass is 16.5. The number of hydrogen-bond acceptors (Lipinski definition) is 3. The summed E-state index contributed by atoms with van der Waals surface area (Å²) in [4.78, 5) is 0. The van der Waals surface area contributed by atoms with Crippen LogP contribution in [0, 0.1) is 5.41 Å². The molecule has 1 aromatic rings. The summed E-state index contributed by atoms with van der Waals surface area (Å²) in [6.45, 7) is 5.42. The van der Waals surface area contributed by atoms with Crippen molar-refractivity contribution >= 4 is 0 Å². The van der Waals surface area contributed by atoms with Crippen LogP contribution >= 0.6 is 0 Å². The topological polar surface area (TPSA) is 30.5 Å². The molecule has 2 atom stereocenters. The first-order chi connectivity index (χ1) is 8.57. The van der Waals surface area contributed by atoms with E-state index in [0.29, 0.717) is 12.1 Å². The lowest BCUT2D eigenvalue weighted by molar-refractivity contribution is -0.0979. The van der Waals surface area contributed by atoms with Crippen LogP contribution in [0.15, 0.2) is 24.3 Å². The standard InChI is InChI=1S/C15H23NO2/c1-15(2)13(9-14(15)18-4)16-10-11-5-7-12(17-3)8-6-11/h5-8,13-14,16H,9-10H2,1-4H3. The first-order valence-electron chi connectivity index (χ1n) is 6.47. The van der Waals surface area contributed by atoms with E-state index in [2.05, 4.69) is 31.3 Å². The first-order valence-corrected chi connectivity index (χ1v) is 6.47. The molecule has 1 aromatic carbocycles. The molecule has 2 rings (SSSR count). The highest BCUT2D eigenvalue weighted by Gasteiger charge is 2.48. The monoisotopic (exact) mass is 249 g/mol. The molecule has 1 saturated carbocycles. The maximum atomic E-state index is 5.46. The Morgan fingerprint density at radius 3 is 2.39 bits per heavy atom. The fraction of sp³-hybridized carbons (Fsp3) is 0.600. The molecule has 1 N–H and O–H groups in total. The van der Waals surface area contributed by atoms with E-state index in [1.807, 2.05) is 12.1 Å². The molecule has 0 saturated heterocycles. The smallest absolute Gasteiger partial charge is 0.118 e. The van der Waals surface area contributed by atoms with Gasteiger partial charge < -0.3 is 14.8 Å². The van der Waals surface area contributed by atoms with Gasteiger partial charge in [0.15, 0.2) is 0 Å². The van der Waals surface area contributed by atoms with Gasteiger partial charge in [0.2, 0.25) is 0 Å². The molecular weight excluding hydrogens is 226 g/mol. The minimum Gasteiger partial charge on any atom is -0.497 e. The first kappa shape index (κ1) is 13.4. The minimum atomic E-state index is 0.223. The Morgan fingerprint density at radius 1 is 1.22 bits per heavy atom. The van der Waals surface area contributed by atoms with E-state index in [9.17, 15) is 0 Å². The molecule has 0 bridgehead atoms. The Bertz CT molecular complexity index is 386. The molecule has 3 heteroatoms. The van der Waals surface area contributed by atoms with E-state index in [1.54, 1.807) is 14.2 Å². The average molecular weight is 249 g/mol. The largest absolute Gasteiger partial charge is 0.497 e. The van der Waals surface area contributed by atoms with E-state index in [-0.39, 0.29) is 5.41 Å². The maximum Gasteiger partial charge on any atom is 0.118 e. The Labute approximate surface area is 109 Å². The van der Waals surface area contributed by atoms with Crippen molar-refractivity contribution in [3.8, 4) is 5.75 Å². The van der Waals surface area contributed by atoms with Crippen LogP contribution in [-0.2, 0) is 11.3 Å². The quantitative estimate of drug-likeness (QED) is 0.870. The van der Waals surface area contributed by atoms with Crippen LogP contribution in [0.25, 0.3) is 0 Å². The van der Waals surface area contributed by atoms with E-state index in [1.165, 1.54) is 5.56 Å². The lowest BCUT2D eigenvalue weighted by Gasteiger charge is -2.51. The van der Waals surface area contributed by atoms with Crippen LogP contribution in [0.3, 0.4) is 0 Å². The zero-order chi connectivity index (χ0) is 13.2. The lowest BCUT2D eigenvalue weighted by Crippen LogP contribution is -2.60. The van der Waals surface area contributed by atoms with E-state index in [0.717, 1.165) is 18.7 Å². The maximum absolute atomic E-state index is 5.46. The lowest BCUT2D eigenvalue weighted by atomic mass is 9.64. The molecule has 18 heavy (non-hydrogen) atoms. The van der Waals surface area contributed by atoms with Crippen molar-refractivity contribution < 1.29 is 9.47 Å². The van der Waals surface area contributed by atoms with Crippen molar-refractivity contribution in [3.63, 3.8) is 0 Å². The number of benzene rings is 1. The Hall–Kier alpha value is -1.06. The fourth-order valence-corrected chi connectivity index (χ4v) is 2.62. The number of methoxy groups -OCH3 is 2. The summed E-state index contributed by atoms with van der Waals surface area (Å²) in [6.07, 6.45) is 1.48. The second-order valence-electron chi connectivity index (χ2n) is 5.56. The third kappa shape index (κ3) is 2.52. The van der Waals surface area contributed by atoms with E-state index in [4.69, 9.17) is 9.47 Å². The SMILES string of the molecule is COc1ccc(CNC2CC(OC)C2(C)C)cc1. The Morgan fingerprint density at radius 2 is 1.89 bits per heavy atom. The van der Waals surface area contributed by atoms with Crippen LogP contribution < -0.4 is 10.1 Å². The van der Waals surface area contributed by atoms with Gasteiger partial charge in [0.25, 0.3) is 0 Å². The highest BCUT2D eigenvalue weighted by Crippen LogP contribution is 2.42. The van der Waals surface area contributed by atoms with Crippen molar-refractivity contribution in [3.05, 3.63) is 29.8 Å². The highest BCUT2D eigenvalue weighted by molar-refractivity contribution is 5.27. The molecule has 3 nitrogen and oxygen atoms in total. The second kappa shape index (κ2) is 5.29. The summed E-state index contributed by atoms with van der Waals surface area (Å²) in [5, 5.41) is 3.61. The Kier molecular flexibility index (Phi) is 3.93. The Balaban J connectivity index is 1.85. The van der Waals surface area contributed by atoms with Gasteiger partial charge in [0.1, 0.15) is 5.75 Å². The van der Waals surface area contributed by atoms with Gasteiger partial charge in [-0.1, -0.05) is 26.0 Å². The molecule has 2 unspecified atom stereocenters. The molecule has 1 fully saturated rings. The molecule has 0 radical (unpaired) electrons. The molecule has 1 aliphatic carbocycles. The molecular formula is C15H23NO2. The summed E-state index contributed by atoms with van der Waals surface area (Å²) >= 11 is 0. The molecule has 0 spiro atoms. The van der Waals surface area contributed by atoms with Gasteiger partial charge in [-0.05, 0) is 24.1 Å². The van der Waals surface area contributed by atoms with Crippen LogP contribution in [0.1, 0.15) is 25.8 Å². The van der Waals surface area contributed by atoms with Crippen LogP contribution in [-0.4, -0.2) is 26.4 Å². The van der Waals surface area contributed by atoms with Gasteiger partial charge in [-0.3, -0.25) is 0 Å². The van der Waals surface area contributed by atoms with Crippen molar-refractivity contribution in [1.82, 2.24) is 5.32 Å². The van der Waals surface area contributed by atoms with Crippen molar-refractivity contribution in [1.29, 1.82) is 0 Å². The third-order valence-electron chi connectivity index (χ3n) is 4.17. The zero-order valence-corrected chi connectivity index (χ0v) is 11.7. The normalized spacial score (nSPS) is 25.6. The van der Waals surface area contributed by atoms with Gasteiger partial charge in [-0.25, -0.2) is 0 Å². The predicted octanol–water partition coefficient (Wildman–Crippen LogP) is 2.60. The summed E-state index contributed by atoms with van der Waals surface area (Å²) in [5.41, 5.74) is 1.51. The molecule has 0 amide bonds. The van der Waals surface area contributed by atoms with Crippen molar-refractivity contribution in [2.24, 2.45) is 5.41 Å². The molecule has 0 aromatic heterocycles. The zero-order valence-electron chi connectivity index (χ0n) is 11.7. The number of hydrogen-bond donors (Lipinski definition) is 1. The molecule has 0 aliphatic heterocycles. The minimum absolute atomic E-state index is 0.223. The molecule has 1 aliphatic rings. The van der Waals surface area contributed by atoms with Crippen LogP contribution in [0.2, 0.25) is 0 Å². The predicted molar refractivity (Wildman–Crippen MR) is 72.8 cm³/mol. The fourth-order valence-electron chi connectivity index (χ4n) is 2.62. The average Bonchev–Trinajstić information content (AvgIpc) is 2.38. The number of ether oxygens (including phenoxy) is 2. The van der Waals surface area contributed by atoms with Gasteiger partial charge in [-0.2, -0.15) is 0 Å². The van der Waals surface area contributed by atoms with Gasteiger partial charge in [0, 0.05) is 25.1 Å². The van der Waals surface area contributed by atoms with Crippen LogP contribution in [0.4, 0.5) is 0 Å². The number of nitrogens with one attached hydrogen (secondary N) is 1. The summed E-state index contributed by atoms with van der Waals surface area (Å²) in [5.74, 6) is 0.905. The van der Waals surface area contributed by atoms with Gasteiger partial charge in [-0.15, -0.1) is 0 Å². The third-order valence-corrected chi connectivity index (χ3v) is 4.17. The molecule has 100 valence electrons. The van der Waals surface area contributed by atoms with E-state index >= 15 is 0 Å². The van der Waals surface area contributed by atoms with Gasteiger partial charge >= 0.3 is 0 Å². The summed E-state index contributed by atoms with van der Waals surface area (Å²) < 4.78 is 10.6.